The van der Waals surface area contributed by atoms with Gasteiger partial charge in [-0.05, 0) is 57.0 Å². The normalized spacial score (nSPS) is 24.6. The largest absolute Gasteiger partial charge is 0.461 e. The zero-order chi connectivity index (χ0) is 33.2. The summed E-state index contributed by atoms with van der Waals surface area (Å²) in [5.41, 5.74) is 6.11. The maximum atomic E-state index is 16.9. The predicted molar refractivity (Wildman–Crippen MR) is 178 cm³/mol. The molecule has 3 aliphatic rings. The maximum Gasteiger partial charge on any atom is 0.319 e. The summed E-state index contributed by atoms with van der Waals surface area (Å²) in [6, 6.07) is 5.57. The number of benzene rings is 2. The first-order valence-corrected chi connectivity index (χ1v) is 16.5. The third-order valence-electron chi connectivity index (χ3n) is 9.91. The number of alkyl halides is 1. The molecule has 2 aromatic heterocycles. The Balaban J connectivity index is 1.36. The highest BCUT2D eigenvalue weighted by Crippen LogP contribution is 2.48. The van der Waals surface area contributed by atoms with Gasteiger partial charge in [0.2, 0.25) is 11.6 Å². The molecule has 7 rings (SSSR count). The number of amides is 1. The van der Waals surface area contributed by atoms with Gasteiger partial charge in [0.05, 0.1) is 21.8 Å². The average Bonchev–Trinajstić information content (AvgIpc) is 3.70. The molecule has 4 aromatic rings. The van der Waals surface area contributed by atoms with Crippen LogP contribution in [0.2, 0.25) is 0 Å². The van der Waals surface area contributed by atoms with Gasteiger partial charge in [-0.15, -0.1) is 11.3 Å². The Labute approximate surface area is 274 Å². The molecule has 1 amide bonds. The number of anilines is 2. The lowest BCUT2D eigenvalue weighted by Crippen LogP contribution is -2.58. The van der Waals surface area contributed by atoms with Crippen LogP contribution in [0.3, 0.4) is 0 Å². The van der Waals surface area contributed by atoms with E-state index in [0.717, 1.165) is 30.7 Å². The first-order valence-electron chi connectivity index (χ1n) is 15.7. The van der Waals surface area contributed by atoms with E-state index in [1.165, 1.54) is 18.2 Å². The molecular formula is C34H34F3N7O2S. The minimum absolute atomic E-state index is 0.00689. The predicted octanol–water partition coefficient (Wildman–Crippen LogP) is 6.49. The van der Waals surface area contributed by atoms with E-state index in [9.17, 15) is 13.6 Å². The molecule has 0 spiro atoms. The fourth-order valence-electron chi connectivity index (χ4n) is 7.62. The highest BCUT2D eigenvalue weighted by molar-refractivity contribution is 7.23. The second-order valence-corrected chi connectivity index (χ2v) is 13.8. The molecule has 4 unspecified atom stereocenters. The van der Waals surface area contributed by atoms with Crippen LogP contribution in [0.5, 0.6) is 6.01 Å². The van der Waals surface area contributed by atoms with E-state index in [4.69, 9.17) is 22.0 Å². The number of thiophene rings is 1. The molecule has 244 valence electrons. The van der Waals surface area contributed by atoms with Gasteiger partial charge < -0.3 is 20.3 Å². The van der Waals surface area contributed by atoms with Gasteiger partial charge in [0.15, 0.2) is 5.82 Å². The van der Waals surface area contributed by atoms with Crippen molar-refractivity contribution in [2.24, 2.45) is 0 Å². The number of halogens is 3. The third kappa shape index (κ3) is 5.05. The number of nitrogen functional groups attached to an aromatic ring is 1. The molecule has 3 saturated heterocycles. The smallest absolute Gasteiger partial charge is 0.319 e. The Morgan fingerprint density at radius 2 is 1.98 bits per heavy atom. The zero-order valence-electron chi connectivity index (χ0n) is 26.1. The Bertz CT molecular complexity index is 1980. The first-order chi connectivity index (χ1) is 22.5. The van der Waals surface area contributed by atoms with Gasteiger partial charge in [-0.1, -0.05) is 18.7 Å². The molecular weight excluding hydrogens is 627 g/mol. The summed E-state index contributed by atoms with van der Waals surface area (Å²) in [7, 11) is 0. The fourth-order valence-corrected chi connectivity index (χ4v) is 8.56. The molecule has 13 heteroatoms. The summed E-state index contributed by atoms with van der Waals surface area (Å²) < 4.78 is 52.6. The number of aromatic nitrogens is 2. The minimum atomic E-state index is -0.942. The summed E-state index contributed by atoms with van der Waals surface area (Å²) in [5.74, 6) is -0.951. The molecule has 0 bridgehead atoms. The molecule has 3 aliphatic heterocycles. The SMILES string of the molecule is [C-]#[N+]c1c(N)sc2c(F)ccc(-c3ccc4c(N5CC(C)N(C(=O)C=C)CC5C)nc(OCC56CCCN5CC(F)C6)nc4c3F)c12. The van der Waals surface area contributed by atoms with E-state index in [0.29, 0.717) is 42.8 Å². The van der Waals surface area contributed by atoms with E-state index in [2.05, 4.69) is 21.3 Å². The number of fused-ring (bicyclic) bond motifs is 3. The van der Waals surface area contributed by atoms with E-state index in [1.807, 2.05) is 18.7 Å². The van der Waals surface area contributed by atoms with Crippen LogP contribution in [0.15, 0.2) is 36.9 Å². The van der Waals surface area contributed by atoms with Gasteiger partial charge in [0, 0.05) is 54.5 Å². The Morgan fingerprint density at radius 3 is 2.74 bits per heavy atom. The number of hydrogen-bond donors (Lipinski definition) is 1. The summed E-state index contributed by atoms with van der Waals surface area (Å²) in [6.07, 6.45) is 2.43. The van der Waals surface area contributed by atoms with Crippen molar-refractivity contribution >= 4 is 54.7 Å². The lowest BCUT2D eigenvalue weighted by atomic mass is 9.95. The van der Waals surface area contributed by atoms with Crippen molar-refractivity contribution in [1.82, 2.24) is 19.8 Å². The van der Waals surface area contributed by atoms with Gasteiger partial charge in [-0.3, -0.25) is 9.69 Å². The number of nitrogens with zero attached hydrogens (tertiary/aromatic N) is 6. The summed E-state index contributed by atoms with van der Waals surface area (Å²) in [5, 5.41) is 0.835. The van der Waals surface area contributed by atoms with E-state index in [1.54, 1.807) is 17.0 Å². The Hall–Kier alpha value is -4.41. The number of hydrogen-bond acceptors (Lipinski definition) is 8. The molecule has 3 fully saturated rings. The summed E-state index contributed by atoms with van der Waals surface area (Å²) >= 11 is 0.951. The van der Waals surface area contributed by atoms with E-state index in [-0.39, 0.29) is 62.5 Å². The molecule has 5 heterocycles. The van der Waals surface area contributed by atoms with E-state index < -0.39 is 23.3 Å². The first kappa shape index (κ1) is 31.2. The lowest BCUT2D eigenvalue weighted by Gasteiger charge is -2.44. The van der Waals surface area contributed by atoms with Gasteiger partial charge in [0.25, 0.3) is 0 Å². The van der Waals surface area contributed by atoms with Crippen LogP contribution in [-0.4, -0.2) is 82.3 Å². The highest BCUT2D eigenvalue weighted by Gasteiger charge is 2.49. The third-order valence-corrected chi connectivity index (χ3v) is 10.9. The van der Waals surface area contributed by atoms with Gasteiger partial charge in [-0.25, -0.2) is 18.0 Å². The maximum absolute atomic E-state index is 16.9. The molecule has 2 aromatic carbocycles. The van der Waals surface area contributed by atoms with Crippen LogP contribution in [0.25, 0.3) is 37.0 Å². The molecule has 2 N–H and O–H groups in total. The molecule has 0 aliphatic carbocycles. The summed E-state index contributed by atoms with van der Waals surface area (Å²) in [4.78, 5) is 31.4. The van der Waals surface area contributed by atoms with Crippen LogP contribution < -0.4 is 15.4 Å². The van der Waals surface area contributed by atoms with Crippen LogP contribution in [-0.2, 0) is 4.79 Å². The average molecular weight is 662 g/mol. The second-order valence-electron chi connectivity index (χ2n) is 12.8. The van der Waals surface area contributed by atoms with Gasteiger partial charge >= 0.3 is 6.01 Å². The molecule has 9 nitrogen and oxygen atoms in total. The van der Waals surface area contributed by atoms with Crippen molar-refractivity contribution in [2.75, 3.05) is 43.4 Å². The van der Waals surface area contributed by atoms with Crippen molar-refractivity contribution in [3.8, 4) is 17.1 Å². The number of piperazine rings is 1. The number of rotatable bonds is 6. The van der Waals surface area contributed by atoms with Crippen molar-refractivity contribution in [2.45, 2.75) is 56.9 Å². The highest BCUT2D eigenvalue weighted by atomic mass is 32.1. The van der Waals surface area contributed by atoms with E-state index >= 15 is 4.39 Å². The number of nitrogens with two attached hydrogens (primary N) is 1. The Kier molecular flexibility index (Phi) is 7.75. The van der Waals surface area contributed by atoms with Crippen LogP contribution in [0.4, 0.5) is 29.7 Å². The standard InChI is InChI=1S/C34H34F3N7O2S/c1-5-25(45)43-14-19(3)44(15-18(43)2)32-23-8-7-22(21-9-10-24(36)30-26(21)29(39-4)31(38)47-30)27(37)28(23)40-33(41-32)46-17-34-11-6-12-42(34)16-20(35)13-34/h5,7-10,18-20H,1,6,11-17,38H2,2-3H3. The van der Waals surface area contributed by atoms with Crippen molar-refractivity contribution in [3.63, 3.8) is 0 Å². The van der Waals surface area contributed by atoms with Crippen LogP contribution in [0, 0.1) is 18.2 Å². The Morgan fingerprint density at radius 1 is 1.19 bits per heavy atom. The van der Waals surface area contributed by atoms with Crippen LogP contribution in [0.1, 0.15) is 33.1 Å². The number of carbonyl (C=O) groups is 1. The number of ether oxygens (including phenoxy) is 1. The van der Waals surface area contributed by atoms with Gasteiger partial charge in [0.1, 0.15) is 29.9 Å². The fraction of sp³-hybridized carbons (Fsp3) is 0.412. The quantitative estimate of drug-likeness (QED) is 0.187. The molecule has 4 atom stereocenters. The van der Waals surface area contributed by atoms with Gasteiger partial charge in [-0.2, -0.15) is 9.97 Å². The summed E-state index contributed by atoms with van der Waals surface area (Å²) in [6.45, 7) is 17.3. The zero-order valence-corrected chi connectivity index (χ0v) is 26.9. The number of carbonyl (C=O) groups excluding carboxylic acids is 1. The molecule has 0 radical (unpaired) electrons. The van der Waals surface area contributed by atoms with Crippen molar-refractivity contribution in [3.05, 3.63) is 60.0 Å². The minimum Gasteiger partial charge on any atom is -0.461 e. The molecule has 47 heavy (non-hydrogen) atoms. The molecule has 0 saturated carbocycles. The van der Waals surface area contributed by atoms with Crippen LogP contribution >= 0.6 is 11.3 Å². The monoisotopic (exact) mass is 661 g/mol. The second kappa shape index (κ2) is 11.7. The van der Waals surface area contributed by atoms with Crippen molar-refractivity contribution < 1.29 is 22.7 Å². The lowest BCUT2D eigenvalue weighted by molar-refractivity contribution is -0.128. The topological polar surface area (TPSA) is 92.2 Å². The van der Waals surface area contributed by atoms with Crippen molar-refractivity contribution in [1.29, 1.82) is 0 Å².